The zero-order valence-corrected chi connectivity index (χ0v) is 16.3. The topological polar surface area (TPSA) is 76.1 Å². The third kappa shape index (κ3) is 4.85. The Balaban J connectivity index is 1.71. The van der Waals surface area contributed by atoms with Gasteiger partial charge in [-0.25, -0.2) is 9.97 Å². The second kappa shape index (κ2) is 8.99. The lowest BCUT2D eigenvalue weighted by Gasteiger charge is -2.15. The molecule has 0 spiro atoms. The molecule has 1 unspecified atom stereocenters. The molecule has 3 rings (SSSR count). The van der Waals surface area contributed by atoms with Crippen LogP contribution in [0.25, 0.3) is 0 Å². The molecule has 6 nitrogen and oxygen atoms in total. The number of nitrogens with zero attached hydrogens (tertiary/aromatic N) is 2. The molecule has 0 fully saturated rings. The fraction of sp³-hybridized carbons (Fsp3) is 0.227. The van der Waals surface area contributed by atoms with Gasteiger partial charge in [0.15, 0.2) is 0 Å². The van der Waals surface area contributed by atoms with Crippen molar-refractivity contribution in [1.82, 2.24) is 15.3 Å². The number of benzene rings is 2. The van der Waals surface area contributed by atoms with Crippen molar-refractivity contribution < 1.29 is 9.53 Å². The van der Waals surface area contributed by atoms with Gasteiger partial charge in [-0.3, -0.25) is 4.79 Å². The highest BCUT2D eigenvalue weighted by Crippen LogP contribution is 2.19. The lowest BCUT2D eigenvalue weighted by atomic mass is 10.1. The van der Waals surface area contributed by atoms with E-state index in [2.05, 4.69) is 20.6 Å². The number of anilines is 1. The maximum absolute atomic E-state index is 12.7. The molecule has 6 heteroatoms. The Morgan fingerprint density at radius 1 is 1.07 bits per heavy atom. The van der Waals surface area contributed by atoms with Gasteiger partial charge in [0, 0.05) is 18.2 Å². The molecule has 28 heavy (non-hydrogen) atoms. The van der Waals surface area contributed by atoms with Gasteiger partial charge in [0.1, 0.15) is 23.1 Å². The number of nitrogens with one attached hydrogen (secondary N) is 2. The largest absolute Gasteiger partial charge is 0.496 e. The van der Waals surface area contributed by atoms with E-state index in [0.29, 0.717) is 23.9 Å². The van der Waals surface area contributed by atoms with Crippen LogP contribution >= 0.6 is 0 Å². The van der Waals surface area contributed by atoms with E-state index in [4.69, 9.17) is 4.74 Å². The van der Waals surface area contributed by atoms with Crippen LogP contribution < -0.4 is 15.4 Å². The van der Waals surface area contributed by atoms with Crippen LogP contribution in [0.5, 0.6) is 5.75 Å². The van der Waals surface area contributed by atoms with Crippen LogP contribution in [0, 0.1) is 6.92 Å². The maximum atomic E-state index is 12.7. The van der Waals surface area contributed by atoms with Gasteiger partial charge in [0.05, 0.1) is 13.2 Å². The van der Waals surface area contributed by atoms with Gasteiger partial charge in [0.25, 0.3) is 5.91 Å². The predicted molar refractivity (Wildman–Crippen MR) is 109 cm³/mol. The molecule has 144 valence electrons. The number of carbonyl (C=O) groups excluding carboxylic acids is 1. The maximum Gasteiger partial charge on any atom is 0.270 e. The first-order valence-corrected chi connectivity index (χ1v) is 9.14. The second-order valence-corrected chi connectivity index (χ2v) is 6.46. The van der Waals surface area contributed by atoms with Crippen LogP contribution in [0.1, 0.15) is 40.4 Å². The third-order valence-electron chi connectivity index (χ3n) is 4.37. The van der Waals surface area contributed by atoms with Crippen molar-refractivity contribution in [3.63, 3.8) is 0 Å². The van der Waals surface area contributed by atoms with Crippen LogP contribution in [-0.2, 0) is 6.54 Å². The third-order valence-corrected chi connectivity index (χ3v) is 4.37. The summed E-state index contributed by atoms with van der Waals surface area (Å²) in [6, 6.07) is 19.1. The summed E-state index contributed by atoms with van der Waals surface area (Å²) in [5, 5.41) is 6.23. The summed E-state index contributed by atoms with van der Waals surface area (Å²) in [4.78, 5) is 21.3. The van der Waals surface area contributed by atoms with Gasteiger partial charge in [-0.1, -0.05) is 48.5 Å². The first kappa shape index (κ1) is 19.4. The van der Waals surface area contributed by atoms with Gasteiger partial charge in [-0.15, -0.1) is 0 Å². The molecular formula is C22H24N4O2. The molecule has 0 aliphatic rings. The van der Waals surface area contributed by atoms with E-state index in [1.54, 1.807) is 20.1 Å². The summed E-state index contributed by atoms with van der Waals surface area (Å²) in [6.07, 6.45) is 0. The Hall–Kier alpha value is -3.41. The second-order valence-electron chi connectivity index (χ2n) is 6.46. The van der Waals surface area contributed by atoms with Gasteiger partial charge < -0.3 is 15.4 Å². The highest BCUT2D eigenvalue weighted by atomic mass is 16.5. The molecule has 1 atom stereocenters. The first-order chi connectivity index (χ1) is 13.6. The van der Waals surface area contributed by atoms with E-state index in [-0.39, 0.29) is 11.9 Å². The standard InChI is InChI=1S/C22H24N4O2/c1-15(17-9-5-4-6-10-17)24-22(27)19-13-21(26-16(2)25-19)23-14-18-11-7-8-12-20(18)28-3/h4-13,15H,14H2,1-3H3,(H,24,27)(H,23,25,26). The zero-order valence-electron chi connectivity index (χ0n) is 16.3. The van der Waals surface area contributed by atoms with Gasteiger partial charge in [-0.05, 0) is 25.5 Å². The minimum Gasteiger partial charge on any atom is -0.496 e. The molecule has 2 aromatic carbocycles. The van der Waals surface area contributed by atoms with Gasteiger partial charge in [0.2, 0.25) is 0 Å². The van der Waals surface area contributed by atoms with Crippen LogP contribution in [0.4, 0.5) is 5.82 Å². The minimum atomic E-state index is -0.234. The number of hydrogen-bond donors (Lipinski definition) is 2. The molecule has 0 radical (unpaired) electrons. The number of rotatable bonds is 7. The Morgan fingerprint density at radius 2 is 1.79 bits per heavy atom. The molecule has 1 amide bonds. The predicted octanol–water partition coefficient (Wildman–Crippen LogP) is 3.90. The van der Waals surface area contributed by atoms with Crippen molar-refractivity contribution in [2.75, 3.05) is 12.4 Å². The highest BCUT2D eigenvalue weighted by Gasteiger charge is 2.14. The molecule has 1 heterocycles. The molecule has 0 aliphatic heterocycles. The molecule has 2 N–H and O–H groups in total. The van der Waals surface area contributed by atoms with Crippen molar-refractivity contribution >= 4 is 11.7 Å². The summed E-state index contributed by atoms with van der Waals surface area (Å²) in [5.41, 5.74) is 2.37. The molecule has 0 aliphatic carbocycles. The number of methoxy groups -OCH3 is 1. The van der Waals surface area contributed by atoms with E-state index in [1.165, 1.54) is 0 Å². The van der Waals surface area contributed by atoms with Crippen molar-refractivity contribution in [2.45, 2.75) is 26.4 Å². The van der Waals surface area contributed by atoms with Gasteiger partial charge >= 0.3 is 0 Å². The Bertz CT molecular complexity index is 944. The Kier molecular flexibility index (Phi) is 6.22. The smallest absolute Gasteiger partial charge is 0.270 e. The van der Waals surface area contributed by atoms with Gasteiger partial charge in [-0.2, -0.15) is 0 Å². The normalized spacial score (nSPS) is 11.5. The number of para-hydroxylation sites is 1. The van der Waals surface area contributed by atoms with Crippen LogP contribution in [0.2, 0.25) is 0 Å². The summed E-state index contributed by atoms with van der Waals surface area (Å²) in [6.45, 7) is 4.25. The average molecular weight is 376 g/mol. The lowest BCUT2D eigenvalue weighted by Crippen LogP contribution is -2.27. The summed E-state index contributed by atoms with van der Waals surface area (Å²) in [7, 11) is 1.64. The minimum absolute atomic E-state index is 0.117. The van der Waals surface area contributed by atoms with Crippen molar-refractivity contribution in [2.24, 2.45) is 0 Å². The Labute approximate surface area is 165 Å². The quantitative estimate of drug-likeness (QED) is 0.654. The van der Waals surface area contributed by atoms with Crippen molar-refractivity contribution in [3.8, 4) is 5.75 Å². The van der Waals surface area contributed by atoms with E-state index in [1.807, 2.05) is 61.5 Å². The molecule has 0 bridgehead atoms. The monoisotopic (exact) mass is 376 g/mol. The zero-order chi connectivity index (χ0) is 19.9. The molecule has 3 aromatic rings. The number of hydrogen-bond acceptors (Lipinski definition) is 5. The summed E-state index contributed by atoms with van der Waals surface area (Å²) < 4.78 is 5.37. The number of amides is 1. The number of aryl methyl sites for hydroxylation is 1. The molecule has 0 saturated carbocycles. The summed E-state index contributed by atoms with van der Waals surface area (Å²) in [5.74, 6) is 1.69. The molecule has 0 saturated heterocycles. The SMILES string of the molecule is COc1ccccc1CNc1cc(C(=O)NC(C)c2ccccc2)nc(C)n1. The van der Waals surface area contributed by atoms with E-state index in [9.17, 15) is 4.79 Å². The van der Waals surface area contributed by atoms with Crippen LogP contribution in [0.3, 0.4) is 0 Å². The average Bonchev–Trinajstić information content (AvgIpc) is 2.72. The van der Waals surface area contributed by atoms with Crippen LogP contribution in [-0.4, -0.2) is 23.0 Å². The summed E-state index contributed by atoms with van der Waals surface area (Å²) >= 11 is 0. The number of aromatic nitrogens is 2. The van der Waals surface area contributed by atoms with E-state index in [0.717, 1.165) is 16.9 Å². The van der Waals surface area contributed by atoms with Crippen molar-refractivity contribution in [3.05, 3.63) is 83.3 Å². The van der Waals surface area contributed by atoms with Crippen LogP contribution in [0.15, 0.2) is 60.7 Å². The molecule has 1 aromatic heterocycles. The van der Waals surface area contributed by atoms with E-state index < -0.39 is 0 Å². The number of ether oxygens (including phenoxy) is 1. The highest BCUT2D eigenvalue weighted by molar-refractivity contribution is 5.93. The number of carbonyl (C=O) groups is 1. The Morgan fingerprint density at radius 3 is 2.54 bits per heavy atom. The lowest BCUT2D eigenvalue weighted by molar-refractivity contribution is 0.0934. The fourth-order valence-electron chi connectivity index (χ4n) is 2.90. The van der Waals surface area contributed by atoms with E-state index >= 15 is 0 Å². The fourth-order valence-corrected chi connectivity index (χ4v) is 2.90. The molecular weight excluding hydrogens is 352 g/mol. The first-order valence-electron chi connectivity index (χ1n) is 9.14. The van der Waals surface area contributed by atoms with Crippen molar-refractivity contribution in [1.29, 1.82) is 0 Å².